The predicted octanol–water partition coefficient (Wildman–Crippen LogP) is 2.49. The minimum Gasteiger partial charge on any atom is -0.396 e. The van der Waals surface area contributed by atoms with Gasteiger partial charge in [-0.05, 0) is 43.7 Å². The number of hydrogen-bond donors (Lipinski definition) is 1. The van der Waals surface area contributed by atoms with Gasteiger partial charge in [0.05, 0.1) is 16.9 Å². The minimum absolute atomic E-state index is 0.705. The zero-order valence-corrected chi connectivity index (χ0v) is 12.3. The maximum Gasteiger partial charge on any atom is 0.0724 e. The highest BCUT2D eigenvalue weighted by Gasteiger charge is 2.29. The molecule has 0 bridgehead atoms. The lowest BCUT2D eigenvalue weighted by atomic mass is 9.99. The van der Waals surface area contributed by atoms with Gasteiger partial charge in [-0.15, -0.1) is 0 Å². The Kier molecular flexibility index (Phi) is 3.19. The molecule has 2 saturated heterocycles. The molecule has 21 heavy (non-hydrogen) atoms. The van der Waals surface area contributed by atoms with Gasteiger partial charge in [-0.2, -0.15) is 0 Å². The lowest BCUT2D eigenvalue weighted by Gasteiger charge is -2.45. The summed E-state index contributed by atoms with van der Waals surface area (Å²) in [5.41, 5.74) is 9.46. The molecule has 4 nitrogen and oxygen atoms in total. The molecule has 0 amide bonds. The van der Waals surface area contributed by atoms with Gasteiger partial charge >= 0.3 is 0 Å². The Morgan fingerprint density at radius 1 is 1.10 bits per heavy atom. The van der Waals surface area contributed by atoms with Gasteiger partial charge < -0.3 is 10.6 Å². The number of nitrogen functional groups attached to an aromatic ring is 1. The van der Waals surface area contributed by atoms with Gasteiger partial charge in [-0.25, -0.2) is 0 Å². The zero-order chi connectivity index (χ0) is 14.2. The van der Waals surface area contributed by atoms with Gasteiger partial charge in [0.1, 0.15) is 0 Å². The number of fused-ring (bicyclic) bond motifs is 2. The lowest BCUT2D eigenvalue weighted by Crippen LogP contribution is -2.55. The molecule has 1 aromatic carbocycles. The number of hydrogen-bond acceptors (Lipinski definition) is 4. The van der Waals surface area contributed by atoms with Gasteiger partial charge in [-0.1, -0.05) is 6.42 Å². The number of aromatic nitrogens is 1. The molecule has 1 aromatic heterocycles. The maximum absolute atomic E-state index is 6.42. The monoisotopic (exact) mass is 282 g/mol. The number of piperazine rings is 1. The molecule has 0 saturated carbocycles. The van der Waals surface area contributed by atoms with E-state index in [0.717, 1.165) is 36.2 Å². The molecule has 0 aliphatic carbocycles. The van der Waals surface area contributed by atoms with Crippen molar-refractivity contribution in [2.45, 2.75) is 25.3 Å². The smallest absolute Gasteiger partial charge is 0.0724 e. The molecule has 2 fully saturated rings. The maximum atomic E-state index is 6.42. The normalized spacial score (nSPS) is 23.2. The van der Waals surface area contributed by atoms with Gasteiger partial charge in [0, 0.05) is 37.3 Å². The number of piperidine rings is 1. The van der Waals surface area contributed by atoms with E-state index in [1.54, 1.807) is 0 Å². The van der Waals surface area contributed by atoms with Crippen molar-refractivity contribution in [1.82, 2.24) is 9.88 Å². The van der Waals surface area contributed by atoms with E-state index in [1.165, 1.54) is 31.5 Å². The van der Waals surface area contributed by atoms with Crippen molar-refractivity contribution < 1.29 is 0 Å². The van der Waals surface area contributed by atoms with E-state index in [2.05, 4.69) is 33.0 Å². The van der Waals surface area contributed by atoms with Crippen LogP contribution >= 0.6 is 0 Å². The predicted molar refractivity (Wildman–Crippen MR) is 87.6 cm³/mol. The average molecular weight is 282 g/mol. The van der Waals surface area contributed by atoms with Crippen LogP contribution in [0.15, 0.2) is 30.5 Å². The van der Waals surface area contributed by atoms with Gasteiger partial charge in [0.25, 0.3) is 0 Å². The van der Waals surface area contributed by atoms with E-state index in [4.69, 9.17) is 5.73 Å². The van der Waals surface area contributed by atoms with E-state index < -0.39 is 0 Å². The first-order valence-electron chi connectivity index (χ1n) is 7.95. The molecule has 2 aliphatic rings. The van der Waals surface area contributed by atoms with E-state index in [9.17, 15) is 0 Å². The van der Waals surface area contributed by atoms with Crippen molar-refractivity contribution in [3.05, 3.63) is 30.5 Å². The standard InChI is InChI=1S/C17H22N4/c18-17-14-5-3-8-19-15(14)6-7-16(17)21-11-10-20-9-2-1-4-13(20)12-21/h3,5-8,13H,1-2,4,9-12,18H2. The summed E-state index contributed by atoms with van der Waals surface area (Å²) in [6.07, 6.45) is 5.88. The third-order valence-electron chi connectivity index (χ3n) is 4.98. The zero-order valence-electron chi connectivity index (χ0n) is 12.3. The summed E-state index contributed by atoms with van der Waals surface area (Å²) < 4.78 is 0. The largest absolute Gasteiger partial charge is 0.396 e. The van der Waals surface area contributed by atoms with Crippen LogP contribution in [0.2, 0.25) is 0 Å². The molecule has 2 N–H and O–H groups in total. The molecular weight excluding hydrogens is 260 g/mol. The molecule has 0 spiro atoms. The number of pyridine rings is 1. The van der Waals surface area contributed by atoms with Crippen LogP contribution in [0, 0.1) is 0 Å². The molecule has 2 aliphatic heterocycles. The highest BCUT2D eigenvalue weighted by Crippen LogP contribution is 2.33. The van der Waals surface area contributed by atoms with Crippen molar-refractivity contribution in [3.63, 3.8) is 0 Å². The Hall–Kier alpha value is -1.81. The Balaban J connectivity index is 1.65. The fourth-order valence-electron chi connectivity index (χ4n) is 3.81. The summed E-state index contributed by atoms with van der Waals surface area (Å²) in [5, 5.41) is 1.07. The van der Waals surface area contributed by atoms with Crippen LogP contribution in [0.1, 0.15) is 19.3 Å². The molecule has 2 aromatic rings. The Labute approximate surface area is 125 Å². The van der Waals surface area contributed by atoms with Crippen molar-refractivity contribution >= 4 is 22.3 Å². The third kappa shape index (κ3) is 2.23. The van der Waals surface area contributed by atoms with Crippen LogP contribution < -0.4 is 10.6 Å². The second-order valence-electron chi connectivity index (χ2n) is 6.20. The molecule has 0 radical (unpaired) electrons. The number of nitrogens with two attached hydrogens (primary N) is 1. The summed E-state index contributed by atoms with van der Waals surface area (Å²) in [7, 11) is 0. The van der Waals surface area contributed by atoms with Gasteiger partial charge in [0.15, 0.2) is 0 Å². The number of anilines is 2. The van der Waals surface area contributed by atoms with Crippen molar-refractivity contribution in [3.8, 4) is 0 Å². The number of nitrogens with zero attached hydrogens (tertiary/aromatic N) is 3. The SMILES string of the molecule is Nc1c(N2CCN3CCCCC3C2)ccc2ncccc12. The van der Waals surface area contributed by atoms with E-state index in [0.29, 0.717) is 6.04 Å². The molecule has 4 heteroatoms. The molecular formula is C17H22N4. The first kappa shape index (κ1) is 12.9. The van der Waals surface area contributed by atoms with Crippen LogP contribution in [-0.4, -0.2) is 42.1 Å². The fraction of sp³-hybridized carbons (Fsp3) is 0.471. The third-order valence-corrected chi connectivity index (χ3v) is 4.98. The van der Waals surface area contributed by atoms with Crippen LogP contribution in [0.3, 0.4) is 0 Å². The second kappa shape index (κ2) is 5.19. The van der Waals surface area contributed by atoms with Gasteiger partial charge in [0.2, 0.25) is 0 Å². The second-order valence-corrected chi connectivity index (χ2v) is 6.20. The Morgan fingerprint density at radius 3 is 3.00 bits per heavy atom. The van der Waals surface area contributed by atoms with Gasteiger partial charge in [-0.3, -0.25) is 9.88 Å². The highest BCUT2D eigenvalue weighted by molar-refractivity contribution is 5.97. The Bertz CT molecular complexity index is 654. The summed E-state index contributed by atoms with van der Waals surface area (Å²) in [6, 6.07) is 8.97. The summed E-state index contributed by atoms with van der Waals surface area (Å²) in [5.74, 6) is 0. The van der Waals surface area contributed by atoms with E-state index >= 15 is 0 Å². The van der Waals surface area contributed by atoms with Crippen LogP contribution in [0.4, 0.5) is 11.4 Å². The van der Waals surface area contributed by atoms with E-state index in [-0.39, 0.29) is 0 Å². The van der Waals surface area contributed by atoms with Crippen molar-refractivity contribution in [2.75, 3.05) is 36.8 Å². The van der Waals surface area contributed by atoms with Crippen LogP contribution in [0.25, 0.3) is 10.9 Å². The first-order chi connectivity index (χ1) is 10.3. The first-order valence-corrected chi connectivity index (χ1v) is 7.95. The van der Waals surface area contributed by atoms with E-state index in [1.807, 2.05) is 12.3 Å². The molecule has 4 rings (SSSR count). The van der Waals surface area contributed by atoms with Crippen LogP contribution in [0.5, 0.6) is 0 Å². The molecule has 1 unspecified atom stereocenters. The minimum atomic E-state index is 0.705. The Morgan fingerprint density at radius 2 is 2.05 bits per heavy atom. The molecule has 110 valence electrons. The average Bonchev–Trinajstić information content (AvgIpc) is 2.55. The summed E-state index contributed by atoms with van der Waals surface area (Å²) in [6.45, 7) is 4.62. The van der Waals surface area contributed by atoms with Crippen molar-refractivity contribution in [1.29, 1.82) is 0 Å². The number of rotatable bonds is 1. The topological polar surface area (TPSA) is 45.4 Å². The number of benzene rings is 1. The fourth-order valence-corrected chi connectivity index (χ4v) is 3.81. The lowest BCUT2D eigenvalue weighted by molar-refractivity contribution is 0.133. The molecule has 3 heterocycles. The van der Waals surface area contributed by atoms with Crippen LogP contribution in [-0.2, 0) is 0 Å². The summed E-state index contributed by atoms with van der Waals surface area (Å²) >= 11 is 0. The molecule has 1 atom stereocenters. The van der Waals surface area contributed by atoms with Crippen molar-refractivity contribution in [2.24, 2.45) is 0 Å². The quantitative estimate of drug-likeness (QED) is 0.816. The summed E-state index contributed by atoms with van der Waals surface area (Å²) in [4.78, 5) is 9.51. The highest BCUT2D eigenvalue weighted by atomic mass is 15.3.